The lowest BCUT2D eigenvalue weighted by molar-refractivity contribution is -0.117. The number of phenols is 1. The number of ether oxygens (including phenoxy) is 1. The van der Waals surface area contributed by atoms with E-state index in [1.165, 1.54) is 12.1 Å². The molecule has 1 saturated heterocycles. The maximum atomic E-state index is 13.4. The van der Waals surface area contributed by atoms with Crippen LogP contribution in [0.4, 0.5) is 5.69 Å². The zero-order chi connectivity index (χ0) is 23.4. The van der Waals surface area contributed by atoms with Gasteiger partial charge in [-0.3, -0.25) is 9.69 Å². The lowest BCUT2D eigenvalue weighted by Gasteiger charge is -2.25. The first kappa shape index (κ1) is 22.7. The van der Waals surface area contributed by atoms with Gasteiger partial charge in [0.1, 0.15) is 28.2 Å². The summed E-state index contributed by atoms with van der Waals surface area (Å²) in [4.78, 5) is 26.6. The molecule has 33 heavy (non-hydrogen) atoms. The summed E-state index contributed by atoms with van der Waals surface area (Å²) in [6.45, 7) is 2.09. The van der Waals surface area contributed by atoms with Crippen molar-refractivity contribution >= 4 is 29.3 Å². The van der Waals surface area contributed by atoms with Gasteiger partial charge in [-0.1, -0.05) is 50.1 Å². The van der Waals surface area contributed by atoms with Gasteiger partial charge in [-0.15, -0.1) is 11.8 Å². The number of aromatic carboxylic acids is 1. The van der Waals surface area contributed by atoms with Crippen LogP contribution in [0.25, 0.3) is 0 Å². The zero-order valence-corrected chi connectivity index (χ0v) is 19.0. The lowest BCUT2D eigenvalue weighted by atomic mass is 10.1. The number of carbonyl (C=O) groups is 2. The van der Waals surface area contributed by atoms with Crippen molar-refractivity contribution in [3.8, 4) is 17.2 Å². The van der Waals surface area contributed by atoms with Gasteiger partial charge < -0.3 is 14.9 Å². The van der Waals surface area contributed by atoms with Gasteiger partial charge in [0.15, 0.2) is 0 Å². The number of benzene rings is 3. The van der Waals surface area contributed by atoms with Crippen molar-refractivity contribution in [1.29, 1.82) is 0 Å². The summed E-state index contributed by atoms with van der Waals surface area (Å²) in [5, 5.41) is 18.8. The molecule has 0 saturated carbocycles. The minimum absolute atomic E-state index is 0.0603. The van der Waals surface area contributed by atoms with E-state index in [0.717, 1.165) is 24.8 Å². The number of carboxylic acids is 1. The molecule has 2 unspecified atom stereocenters. The second-order valence-corrected chi connectivity index (χ2v) is 9.11. The number of aromatic hydroxyl groups is 1. The van der Waals surface area contributed by atoms with Crippen LogP contribution in [0.2, 0.25) is 0 Å². The predicted octanol–water partition coefficient (Wildman–Crippen LogP) is 6.22. The summed E-state index contributed by atoms with van der Waals surface area (Å²) in [5.41, 5.74) is 1.09. The minimum atomic E-state index is -1.24. The molecule has 3 aromatic rings. The van der Waals surface area contributed by atoms with Gasteiger partial charge in [-0.2, -0.15) is 0 Å². The summed E-state index contributed by atoms with van der Waals surface area (Å²) in [6, 6.07) is 21.3. The third-order valence-corrected chi connectivity index (χ3v) is 6.98. The molecule has 2 N–H and O–H groups in total. The van der Waals surface area contributed by atoms with E-state index in [1.54, 1.807) is 22.7 Å². The highest BCUT2D eigenvalue weighted by Crippen LogP contribution is 2.48. The van der Waals surface area contributed by atoms with Crippen molar-refractivity contribution in [2.45, 2.75) is 36.8 Å². The quantitative estimate of drug-likeness (QED) is 0.412. The van der Waals surface area contributed by atoms with E-state index >= 15 is 0 Å². The standard InChI is InChI=1S/C26H25NO5S/c1-2-3-12-23-24(29)27(18-13-14-22(28)21(16-18)26(30)31)25(33-23)17-8-7-11-20(15-17)32-19-9-5-4-6-10-19/h4-11,13-16,23,25,28H,2-3,12H2,1H3,(H,30,31). The van der Waals surface area contributed by atoms with Gasteiger partial charge in [0.2, 0.25) is 5.91 Å². The van der Waals surface area contributed by atoms with E-state index in [-0.39, 0.29) is 27.8 Å². The molecule has 4 rings (SSSR count). The van der Waals surface area contributed by atoms with Crippen LogP contribution in [-0.2, 0) is 4.79 Å². The molecule has 1 aliphatic rings. The molecule has 6 nitrogen and oxygen atoms in total. The number of carbonyl (C=O) groups excluding carboxylic acids is 1. The molecule has 2 atom stereocenters. The highest BCUT2D eigenvalue weighted by molar-refractivity contribution is 8.01. The Morgan fingerprint density at radius 1 is 1.03 bits per heavy atom. The molecule has 7 heteroatoms. The Morgan fingerprint density at radius 3 is 2.52 bits per heavy atom. The molecular weight excluding hydrogens is 438 g/mol. The summed E-state index contributed by atoms with van der Waals surface area (Å²) in [7, 11) is 0. The fourth-order valence-electron chi connectivity index (χ4n) is 3.82. The number of thioether (sulfide) groups is 1. The molecule has 3 aromatic carbocycles. The Labute approximate surface area is 196 Å². The average molecular weight is 464 g/mol. The number of hydrogen-bond donors (Lipinski definition) is 2. The van der Waals surface area contributed by atoms with Gasteiger partial charge in [0.25, 0.3) is 0 Å². The number of rotatable bonds is 8. The van der Waals surface area contributed by atoms with E-state index in [0.29, 0.717) is 17.2 Å². The number of para-hydroxylation sites is 1. The van der Waals surface area contributed by atoms with Gasteiger partial charge in [-0.25, -0.2) is 4.79 Å². The smallest absolute Gasteiger partial charge is 0.339 e. The largest absolute Gasteiger partial charge is 0.507 e. The maximum Gasteiger partial charge on any atom is 0.339 e. The van der Waals surface area contributed by atoms with Crippen LogP contribution in [0.5, 0.6) is 17.2 Å². The Bertz CT molecular complexity index is 1150. The molecule has 1 heterocycles. The van der Waals surface area contributed by atoms with Crippen LogP contribution < -0.4 is 9.64 Å². The first-order chi connectivity index (χ1) is 16.0. The van der Waals surface area contributed by atoms with E-state index in [9.17, 15) is 19.8 Å². The van der Waals surface area contributed by atoms with Gasteiger partial charge in [0, 0.05) is 5.69 Å². The molecule has 0 radical (unpaired) electrons. The zero-order valence-electron chi connectivity index (χ0n) is 18.2. The van der Waals surface area contributed by atoms with Crippen molar-refractivity contribution in [2.24, 2.45) is 0 Å². The molecule has 170 valence electrons. The SMILES string of the molecule is CCCCC1SC(c2cccc(Oc3ccccc3)c2)N(c2ccc(O)c(C(=O)O)c2)C1=O. The summed E-state index contributed by atoms with van der Waals surface area (Å²) < 4.78 is 5.98. The third kappa shape index (κ3) is 4.98. The van der Waals surface area contributed by atoms with E-state index < -0.39 is 5.97 Å². The van der Waals surface area contributed by atoms with Crippen LogP contribution >= 0.6 is 11.8 Å². The van der Waals surface area contributed by atoms with Crippen molar-refractivity contribution in [2.75, 3.05) is 4.90 Å². The summed E-state index contributed by atoms with van der Waals surface area (Å²) in [5.74, 6) is -0.267. The summed E-state index contributed by atoms with van der Waals surface area (Å²) in [6.07, 6.45) is 2.66. The highest BCUT2D eigenvalue weighted by atomic mass is 32.2. The maximum absolute atomic E-state index is 13.4. The third-order valence-electron chi connectivity index (χ3n) is 5.47. The van der Waals surface area contributed by atoms with Crippen molar-refractivity contribution < 1.29 is 24.5 Å². The minimum Gasteiger partial charge on any atom is -0.507 e. The van der Waals surface area contributed by atoms with Crippen LogP contribution in [-0.4, -0.2) is 27.3 Å². The lowest BCUT2D eigenvalue weighted by Crippen LogP contribution is -2.31. The topological polar surface area (TPSA) is 87.1 Å². The van der Waals surface area contributed by atoms with E-state index in [1.807, 2.05) is 54.6 Å². The Balaban J connectivity index is 1.70. The Kier molecular flexibility index (Phi) is 6.89. The number of anilines is 1. The van der Waals surface area contributed by atoms with Gasteiger partial charge >= 0.3 is 5.97 Å². The number of amides is 1. The van der Waals surface area contributed by atoms with E-state index in [4.69, 9.17) is 4.74 Å². The molecule has 0 aliphatic carbocycles. The Morgan fingerprint density at radius 2 is 1.79 bits per heavy atom. The molecule has 1 fully saturated rings. The van der Waals surface area contributed by atoms with Crippen LogP contribution in [0.1, 0.15) is 47.5 Å². The fraction of sp³-hybridized carbons (Fsp3) is 0.231. The molecule has 1 amide bonds. The second kappa shape index (κ2) is 10.0. The number of hydrogen-bond acceptors (Lipinski definition) is 5. The number of carboxylic acid groups (broad SMARTS) is 1. The normalized spacial score (nSPS) is 17.8. The predicted molar refractivity (Wildman–Crippen MR) is 129 cm³/mol. The molecule has 0 aromatic heterocycles. The molecule has 0 bridgehead atoms. The Hall–Kier alpha value is -3.45. The molecular formula is C26H25NO5S. The van der Waals surface area contributed by atoms with Gasteiger partial charge in [0.05, 0.1) is 5.25 Å². The monoisotopic (exact) mass is 463 g/mol. The van der Waals surface area contributed by atoms with Crippen LogP contribution in [0, 0.1) is 0 Å². The molecule has 0 spiro atoms. The molecule has 1 aliphatic heterocycles. The first-order valence-corrected chi connectivity index (χ1v) is 11.8. The first-order valence-electron chi connectivity index (χ1n) is 10.9. The van der Waals surface area contributed by atoms with Gasteiger partial charge in [-0.05, 0) is 54.4 Å². The second-order valence-electron chi connectivity index (χ2n) is 7.82. The van der Waals surface area contributed by atoms with Crippen LogP contribution in [0.15, 0.2) is 72.8 Å². The van der Waals surface area contributed by atoms with E-state index in [2.05, 4.69) is 6.92 Å². The van der Waals surface area contributed by atoms with Crippen molar-refractivity contribution in [3.63, 3.8) is 0 Å². The number of nitrogens with zero attached hydrogens (tertiary/aromatic N) is 1. The number of unbranched alkanes of at least 4 members (excludes halogenated alkanes) is 1. The van der Waals surface area contributed by atoms with Crippen molar-refractivity contribution in [3.05, 3.63) is 83.9 Å². The fourth-order valence-corrected chi connectivity index (χ4v) is 5.31. The van der Waals surface area contributed by atoms with Crippen LogP contribution in [0.3, 0.4) is 0 Å². The summed E-state index contributed by atoms with van der Waals surface area (Å²) >= 11 is 1.56. The van der Waals surface area contributed by atoms with Crippen molar-refractivity contribution in [1.82, 2.24) is 0 Å². The average Bonchev–Trinajstić information content (AvgIpc) is 3.15. The highest BCUT2D eigenvalue weighted by Gasteiger charge is 2.41.